The van der Waals surface area contributed by atoms with Crippen LogP contribution in [0.3, 0.4) is 0 Å². The number of rotatable bonds is 4. The molecule has 0 spiro atoms. The Bertz CT molecular complexity index is 890. The number of halogens is 3. The molecule has 8 heteroatoms. The average Bonchev–Trinajstić information content (AvgIpc) is 2.85. The smallest absolute Gasteiger partial charge is 0.286 e. The van der Waals surface area contributed by atoms with Gasteiger partial charge in [0.2, 0.25) is 0 Å². The number of carbonyl (C=O) groups excluding carboxylic acids is 1. The molecule has 1 heterocycles. The molecule has 0 atom stereocenters. The number of benzene rings is 2. The van der Waals surface area contributed by atoms with E-state index in [0.717, 1.165) is 17.3 Å². The zero-order chi connectivity index (χ0) is 18.0. The predicted octanol–water partition coefficient (Wildman–Crippen LogP) is 5.15. The van der Waals surface area contributed by atoms with Gasteiger partial charge in [0.05, 0.1) is 15.0 Å². The summed E-state index contributed by atoms with van der Waals surface area (Å²) >= 11 is 19.8. The van der Waals surface area contributed by atoms with Crippen LogP contribution in [0.5, 0.6) is 5.75 Å². The van der Waals surface area contributed by atoms with Gasteiger partial charge in [0.25, 0.3) is 5.91 Å². The summed E-state index contributed by atoms with van der Waals surface area (Å²) in [5.74, 6) is -0.0274. The van der Waals surface area contributed by atoms with Crippen LogP contribution in [0.4, 0.5) is 0 Å². The van der Waals surface area contributed by atoms with Crippen LogP contribution < -0.4 is 10.5 Å². The van der Waals surface area contributed by atoms with Crippen molar-refractivity contribution in [2.75, 3.05) is 0 Å². The summed E-state index contributed by atoms with van der Waals surface area (Å²) in [5.41, 5.74) is 7.00. The monoisotopic (exact) mass is 412 g/mol. The molecule has 0 fully saturated rings. The SMILES string of the molecule is NC1=NC(=O)C(=Cc2cc(Cl)c(OCc3ccccc3Cl)c(Cl)c2)S1. The second-order valence-corrected chi connectivity index (χ2v) is 7.34. The number of aliphatic imine (C=N–C) groups is 1. The Morgan fingerprint density at radius 2 is 1.80 bits per heavy atom. The van der Waals surface area contributed by atoms with E-state index in [1.807, 2.05) is 18.2 Å². The Balaban J connectivity index is 1.80. The summed E-state index contributed by atoms with van der Waals surface area (Å²) in [4.78, 5) is 15.7. The zero-order valence-corrected chi connectivity index (χ0v) is 15.7. The van der Waals surface area contributed by atoms with Crippen molar-refractivity contribution in [3.63, 3.8) is 0 Å². The Kier molecular flexibility index (Phi) is 5.59. The number of amides is 1. The first kappa shape index (κ1) is 18.1. The van der Waals surface area contributed by atoms with Gasteiger partial charge in [-0.05, 0) is 41.6 Å². The summed E-state index contributed by atoms with van der Waals surface area (Å²) in [7, 11) is 0. The molecule has 0 aromatic heterocycles. The van der Waals surface area contributed by atoms with E-state index < -0.39 is 0 Å². The van der Waals surface area contributed by atoms with Crippen LogP contribution in [0.1, 0.15) is 11.1 Å². The van der Waals surface area contributed by atoms with Crippen LogP contribution in [0.25, 0.3) is 6.08 Å². The van der Waals surface area contributed by atoms with Gasteiger partial charge in [-0.15, -0.1) is 0 Å². The predicted molar refractivity (Wildman–Crippen MR) is 104 cm³/mol. The van der Waals surface area contributed by atoms with Crippen LogP contribution in [0.15, 0.2) is 46.3 Å². The molecule has 0 radical (unpaired) electrons. The minimum Gasteiger partial charge on any atom is -0.486 e. The van der Waals surface area contributed by atoms with Crippen molar-refractivity contribution in [1.29, 1.82) is 0 Å². The standard InChI is InChI=1S/C17H11Cl3N2O2S/c18-11-4-2-1-3-10(11)8-24-15-12(19)5-9(6-13(15)20)7-14-16(23)22-17(21)25-14/h1-7H,8H2,(H2,21,22,23). The Morgan fingerprint density at radius 1 is 1.12 bits per heavy atom. The van der Waals surface area contributed by atoms with Crippen molar-refractivity contribution >= 4 is 63.7 Å². The van der Waals surface area contributed by atoms with E-state index in [1.165, 1.54) is 0 Å². The molecule has 2 N–H and O–H groups in total. The molecular weight excluding hydrogens is 403 g/mol. The highest BCUT2D eigenvalue weighted by atomic mass is 35.5. The van der Waals surface area contributed by atoms with E-state index in [1.54, 1.807) is 24.3 Å². The van der Waals surface area contributed by atoms with E-state index in [9.17, 15) is 4.79 Å². The van der Waals surface area contributed by atoms with Crippen molar-refractivity contribution in [3.05, 3.63) is 67.5 Å². The molecule has 3 rings (SSSR count). The Morgan fingerprint density at radius 3 is 2.40 bits per heavy atom. The Labute approximate surface area is 163 Å². The largest absolute Gasteiger partial charge is 0.486 e. The van der Waals surface area contributed by atoms with Crippen LogP contribution in [-0.4, -0.2) is 11.1 Å². The number of hydrogen-bond donors (Lipinski definition) is 1. The molecule has 0 saturated carbocycles. The topological polar surface area (TPSA) is 64.7 Å². The van der Waals surface area contributed by atoms with E-state index in [2.05, 4.69) is 4.99 Å². The van der Waals surface area contributed by atoms with Gasteiger partial charge in [0.1, 0.15) is 6.61 Å². The summed E-state index contributed by atoms with van der Waals surface area (Å²) < 4.78 is 5.71. The average molecular weight is 414 g/mol. The second-order valence-electron chi connectivity index (χ2n) is 5.06. The molecule has 0 bridgehead atoms. The molecule has 0 saturated heterocycles. The molecule has 128 valence electrons. The third-order valence-electron chi connectivity index (χ3n) is 3.29. The number of nitrogens with two attached hydrogens (primary N) is 1. The van der Waals surface area contributed by atoms with Gasteiger partial charge in [0, 0.05) is 10.6 Å². The lowest BCUT2D eigenvalue weighted by Crippen LogP contribution is -2.01. The van der Waals surface area contributed by atoms with Gasteiger partial charge >= 0.3 is 0 Å². The second kappa shape index (κ2) is 7.70. The van der Waals surface area contributed by atoms with Crippen molar-refractivity contribution in [1.82, 2.24) is 0 Å². The van der Waals surface area contributed by atoms with E-state index in [-0.39, 0.29) is 17.7 Å². The lowest BCUT2D eigenvalue weighted by atomic mass is 10.2. The fourth-order valence-corrected chi connectivity index (χ4v) is 3.63. The van der Waals surface area contributed by atoms with E-state index in [0.29, 0.717) is 31.3 Å². The maximum absolute atomic E-state index is 11.7. The van der Waals surface area contributed by atoms with Gasteiger partial charge < -0.3 is 10.5 Å². The lowest BCUT2D eigenvalue weighted by molar-refractivity contribution is -0.113. The fourth-order valence-electron chi connectivity index (χ4n) is 2.14. The molecule has 0 unspecified atom stereocenters. The van der Waals surface area contributed by atoms with Crippen LogP contribution >= 0.6 is 46.6 Å². The highest BCUT2D eigenvalue weighted by Gasteiger charge is 2.20. The summed E-state index contributed by atoms with van der Waals surface area (Å²) in [6.07, 6.45) is 1.63. The van der Waals surface area contributed by atoms with Gasteiger partial charge in [0.15, 0.2) is 10.9 Å². The number of ether oxygens (including phenoxy) is 1. The molecule has 2 aromatic rings. The third-order valence-corrected chi connectivity index (χ3v) is 5.03. The minimum atomic E-state index is -0.381. The first-order valence-electron chi connectivity index (χ1n) is 7.07. The maximum Gasteiger partial charge on any atom is 0.286 e. The molecule has 2 aromatic carbocycles. The highest BCUT2D eigenvalue weighted by molar-refractivity contribution is 8.18. The van der Waals surface area contributed by atoms with Crippen molar-refractivity contribution in [2.24, 2.45) is 10.7 Å². The molecule has 1 aliphatic rings. The number of hydrogen-bond acceptors (Lipinski definition) is 4. The number of amidine groups is 1. The molecular formula is C17H11Cl3N2O2S. The van der Waals surface area contributed by atoms with Crippen molar-refractivity contribution in [3.8, 4) is 5.75 Å². The highest BCUT2D eigenvalue weighted by Crippen LogP contribution is 2.37. The van der Waals surface area contributed by atoms with Gasteiger partial charge in [-0.3, -0.25) is 4.79 Å². The summed E-state index contributed by atoms with van der Waals surface area (Å²) in [6.45, 7) is 0.234. The van der Waals surface area contributed by atoms with E-state index >= 15 is 0 Å². The quantitative estimate of drug-likeness (QED) is 0.704. The normalized spacial score (nSPS) is 15.6. The van der Waals surface area contributed by atoms with Crippen LogP contribution in [-0.2, 0) is 11.4 Å². The number of nitrogens with zero attached hydrogens (tertiary/aromatic N) is 1. The van der Waals surface area contributed by atoms with Gasteiger partial charge in [-0.1, -0.05) is 53.0 Å². The fraction of sp³-hybridized carbons (Fsp3) is 0.0588. The van der Waals surface area contributed by atoms with Crippen molar-refractivity contribution in [2.45, 2.75) is 6.61 Å². The molecule has 4 nitrogen and oxygen atoms in total. The molecule has 1 aliphatic heterocycles. The van der Waals surface area contributed by atoms with Crippen LogP contribution in [0, 0.1) is 0 Å². The minimum absolute atomic E-state index is 0.216. The number of thioether (sulfide) groups is 1. The number of carbonyl (C=O) groups is 1. The van der Waals surface area contributed by atoms with Gasteiger partial charge in [-0.2, -0.15) is 4.99 Å². The third kappa shape index (κ3) is 4.30. The summed E-state index contributed by atoms with van der Waals surface area (Å²) in [5, 5.41) is 1.48. The summed E-state index contributed by atoms with van der Waals surface area (Å²) in [6, 6.07) is 10.7. The van der Waals surface area contributed by atoms with E-state index in [4.69, 9.17) is 45.3 Å². The molecule has 0 aliphatic carbocycles. The zero-order valence-electron chi connectivity index (χ0n) is 12.6. The first-order chi connectivity index (χ1) is 11.9. The van der Waals surface area contributed by atoms with Gasteiger partial charge in [-0.25, -0.2) is 0 Å². The lowest BCUT2D eigenvalue weighted by Gasteiger charge is -2.12. The van der Waals surface area contributed by atoms with Crippen molar-refractivity contribution < 1.29 is 9.53 Å². The maximum atomic E-state index is 11.7. The molecule has 1 amide bonds. The molecule has 25 heavy (non-hydrogen) atoms. The van der Waals surface area contributed by atoms with Crippen LogP contribution in [0.2, 0.25) is 15.1 Å². The first-order valence-corrected chi connectivity index (χ1v) is 9.02. The Hall–Kier alpha value is -1.66.